The molecular formula is C26H25N5. The number of anilines is 1. The monoisotopic (exact) mass is 407 g/mol. The van der Waals surface area contributed by atoms with Gasteiger partial charge in [0.05, 0.1) is 16.6 Å². The number of nitrogens with zero attached hydrogens (tertiary/aromatic N) is 5. The standard InChI is InChI=1S/C26H25N5/c1-20-18-25(31-24-12-6-5-11-23(24)28-26(31)22(20)19-27)30-16-14-29(15-17-30)13-7-10-21-8-3-2-4-9-21/h2-12,18H,13-17H2,1H3/b10-7-. The highest BCUT2D eigenvalue weighted by Crippen LogP contribution is 2.29. The first-order valence-corrected chi connectivity index (χ1v) is 10.7. The zero-order chi connectivity index (χ0) is 21.2. The van der Waals surface area contributed by atoms with E-state index in [1.807, 2.05) is 31.2 Å². The molecule has 4 aromatic rings. The van der Waals surface area contributed by atoms with Crippen LogP contribution < -0.4 is 4.90 Å². The molecule has 0 saturated carbocycles. The maximum atomic E-state index is 9.71. The van der Waals surface area contributed by atoms with Gasteiger partial charge >= 0.3 is 0 Å². The molecule has 0 N–H and O–H groups in total. The van der Waals surface area contributed by atoms with Crippen LogP contribution in [0.2, 0.25) is 0 Å². The number of hydrogen-bond acceptors (Lipinski definition) is 4. The van der Waals surface area contributed by atoms with Crippen molar-refractivity contribution in [3.8, 4) is 6.07 Å². The minimum absolute atomic E-state index is 0.657. The third-order valence-corrected chi connectivity index (χ3v) is 6.04. The SMILES string of the molecule is Cc1cc(N2CCN(C/C=C\c3ccccc3)CC2)n2c(nc3ccccc32)c1C#N. The molecule has 5 nitrogen and oxygen atoms in total. The Labute approximate surface area is 182 Å². The predicted molar refractivity (Wildman–Crippen MR) is 126 cm³/mol. The first-order chi connectivity index (χ1) is 15.2. The van der Waals surface area contributed by atoms with Crippen molar-refractivity contribution < 1.29 is 0 Å². The van der Waals surface area contributed by atoms with E-state index in [1.165, 1.54) is 5.56 Å². The predicted octanol–water partition coefficient (Wildman–Crippen LogP) is 4.50. The molecule has 1 fully saturated rings. The van der Waals surface area contributed by atoms with Crippen LogP contribution in [0, 0.1) is 18.3 Å². The Kier molecular flexibility index (Phi) is 5.15. The van der Waals surface area contributed by atoms with E-state index in [0.29, 0.717) is 5.56 Å². The Morgan fingerprint density at radius 2 is 1.74 bits per heavy atom. The number of piperazine rings is 1. The summed E-state index contributed by atoms with van der Waals surface area (Å²) in [7, 11) is 0. The first kappa shape index (κ1) is 19.3. The highest BCUT2D eigenvalue weighted by molar-refractivity contribution is 5.85. The number of para-hydroxylation sites is 2. The van der Waals surface area contributed by atoms with Gasteiger partial charge < -0.3 is 4.90 Å². The van der Waals surface area contributed by atoms with Crippen LogP contribution >= 0.6 is 0 Å². The summed E-state index contributed by atoms with van der Waals surface area (Å²) in [6, 6.07) is 23.1. The Morgan fingerprint density at radius 3 is 2.52 bits per heavy atom. The quantitative estimate of drug-likeness (QED) is 0.500. The Bertz CT molecular complexity index is 1290. The highest BCUT2D eigenvalue weighted by atomic mass is 15.3. The van der Waals surface area contributed by atoms with Crippen molar-refractivity contribution in [1.29, 1.82) is 5.26 Å². The van der Waals surface area contributed by atoms with Gasteiger partial charge in [0.15, 0.2) is 5.65 Å². The second-order valence-electron chi connectivity index (χ2n) is 8.03. The zero-order valence-corrected chi connectivity index (χ0v) is 17.7. The molecule has 0 radical (unpaired) electrons. The molecule has 0 unspecified atom stereocenters. The van der Waals surface area contributed by atoms with Gasteiger partial charge in [0, 0.05) is 32.7 Å². The molecule has 2 aromatic heterocycles. The van der Waals surface area contributed by atoms with Gasteiger partial charge in [0.1, 0.15) is 11.9 Å². The number of benzene rings is 2. The van der Waals surface area contributed by atoms with Crippen LogP contribution in [0.15, 0.2) is 66.7 Å². The van der Waals surface area contributed by atoms with E-state index in [1.54, 1.807) is 0 Å². The molecule has 1 aliphatic heterocycles. The Hall–Kier alpha value is -3.62. The molecule has 5 rings (SSSR count). The minimum Gasteiger partial charge on any atom is -0.355 e. The third kappa shape index (κ3) is 3.67. The second-order valence-corrected chi connectivity index (χ2v) is 8.03. The maximum absolute atomic E-state index is 9.71. The number of fused-ring (bicyclic) bond motifs is 3. The van der Waals surface area contributed by atoms with E-state index in [9.17, 15) is 5.26 Å². The van der Waals surface area contributed by atoms with E-state index in [4.69, 9.17) is 4.98 Å². The zero-order valence-electron chi connectivity index (χ0n) is 17.7. The second kappa shape index (κ2) is 8.25. The number of aromatic nitrogens is 2. The van der Waals surface area contributed by atoms with Crippen molar-refractivity contribution in [3.05, 3.63) is 83.4 Å². The van der Waals surface area contributed by atoms with Crippen LogP contribution in [0.3, 0.4) is 0 Å². The number of nitriles is 1. The van der Waals surface area contributed by atoms with Crippen molar-refractivity contribution in [2.75, 3.05) is 37.6 Å². The number of imidazole rings is 1. The van der Waals surface area contributed by atoms with Gasteiger partial charge in [0.2, 0.25) is 0 Å². The van der Waals surface area contributed by atoms with Crippen LogP contribution in [-0.2, 0) is 0 Å². The smallest absolute Gasteiger partial charge is 0.157 e. The molecule has 1 aliphatic rings. The summed E-state index contributed by atoms with van der Waals surface area (Å²) in [5, 5.41) is 9.71. The lowest BCUT2D eigenvalue weighted by atomic mass is 10.1. The van der Waals surface area contributed by atoms with Crippen molar-refractivity contribution in [2.45, 2.75) is 6.92 Å². The lowest BCUT2D eigenvalue weighted by Gasteiger charge is -2.36. The van der Waals surface area contributed by atoms with Crippen LogP contribution in [0.1, 0.15) is 16.7 Å². The molecule has 3 heterocycles. The van der Waals surface area contributed by atoms with E-state index in [0.717, 1.165) is 60.8 Å². The molecule has 154 valence electrons. The summed E-state index contributed by atoms with van der Waals surface area (Å²) >= 11 is 0. The fraction of sp³-hybridized carbons (Fsp3) is 0.231. The maximum Gasteiger partial charge on any atom is 0.157 e. The van der Waals surface area contributed by atoms with Gasteiger partial charge in [-0.15, -0.1) is 0 Å². The number of rotatable bonds is 4. The summed E-state index contributed by atoms with van der Waals surface area (Å²) < 4.78 is 2.16. The molecule has 0 amide bonds. The fourth-order valence-electron chi connectivity index (χ4n) is 4.36. The summed E-state index contributed by atoms with van der Waals surface area (Å²) in [4.78, 5) is 9.69. The van der Waals surface area contributed by atoms with Gasteiger partial charge in [-0.25, -0.2) is 4.98 Å². The molecule has 0 atom stereocenters. The van der Waals surface area contributed by atoms with Crippen LogP contribution in [-0.4, -0.2) is 47.0 Å². The lowest BCUT2D eigenvalue weighted by Crippen LogP contribution is -2.47. The van der Waals surface area contributed by atoms with Crippen molar-refractivity contribution in [2.24, 2.45) is 0 Å². The average molecular weight is 408 g/mol. The van der Waals surface area contributed by atoms with Crippen molar-refractivity contribution in [1.82, 2.24) is 14.3 Å². The minimum atomic E-state index is 0.657. The van der Waals surface area contributed by atoms with Crippen LogP contribution in [0.4, 0.5) is 5.82 Å². The van der Waals surface area contributed by atoms with Gasteiger partial charge in [-0.3, -0.25) is 9.30 Å². The van der Waals surface area contributed by atoms with Crippen molar-refractivity contribution >= 4 is 28.6 Å². The van der Waals surface area contributed by atoms with E-state index in [-0.39, 0.29) is 0 Å². The Morgan fingerprint density at radius 1 is 1.00 bits per heavy atom. The van der Waals surface area contributed by atoms with E-state index < -0.39 is 0 Å². The normalized spacial score (nSPS) is 15.2. The van der Waals surface area contributed by atoms with Gasteiger partial charge in [-0.05, 0) is 36.2 Å². The summed E-state index contributed by atoms with van der Waals surface area (Å²) in [6.45, 7) is 6.88. The van der Waals surface area contributed by atoms with Crippen LogP contribution in [0.5, 0.6) is 0 Å². The molecule has 5 heteroatoms. The van der Waals surface area contributed by atoms with Crippen LogP contribution in [0.25, 0.3) is 22.8 Å². The molecule has 0 bridgehead atoms. The third-order valence-electron chi connectivity index (χ3n) is 6.04. The summed E-state index contributed by atoms with van der Waals surface area (Å²) in [5.74, 6) is 1.12. The summed E-state index contributed by atoms with van der Waals surface area (Å²) in [6.07, 6.45) is 4.44. The topological polar surface area (TPSA) is 47.6 Å². The largest absolute Gasteiger partial charge is 0.355 e. The molecular weight excluding hydrogens is 382 g/mol. The van der Waals surface area contributed by atoms with Gasteiger partial charge in [0.25, 0.3) is 0 Å². The number of hydrogen-bond donors (Lipinski definition) is 0. The Balaban J connectivity index is 1.39. The van der Waals surface area contributed by atoms with Gasteiger partial charge in [-0.1, -0.05) is 54.6 Å². The molecule has 2 aromatic carbocycles. The molecule has 0 aliphatic carbocycles. The molecule has 1 saturated heterocycles. The molecule has 31 heavy (non-hydrogen) atoms. The molecule has 0 spiro atoms. The fourth-order valence-corrected chi connectivity index (χ4v) is 4.36. The lowest BCUT2D eigenvalue weighted by molar-refractivity contribution is 0.283. The summed E-state index contributed by atoms with van der Waals surface area (Å²) in [5.41, 5.74) is 5.61. The average Bonchev–Trinajstić information content (AvgIpc) is 3.19. The van der Waals surface area contributed by atoms with E-state index in [2.05, 4.69) is 68.8 Å². The highest BCUT2D eigenvalue weighted by Gasteiger charge is 2.22. The first-order valence-electron chi connectivity index (χ1n) is 10.7. The van der Waals surface area contributed by atoms with E-state index >= 15 is 0 Å². The van der Waals surface area contributed by atoms with Crippen molar-refractivity contribution in [3.63, 3.8) is 0 Å². The van der Waals surface area contributed by atoms with Gasteiger partial charge in [-0.2, -0.15) is 5.26 Å². The number of aryl methyl sites for hydroxylation is 1. The number of pyridine rings is 1.